The smallest absolute Gasteiger partial charge is 0.271 e. The van der Waals surface area contributed by atoms with E-state index in [1.165, 1.54) is 12.1 Å². The Morgan fingerprint density at radius 1 is 0.939 bits per heavy atom. The van der Waals surface area contributed by atoms with Crippen molar-refractivity contribution in [1.82, 2.24) is 5.32 Å². The molecule has 0 unspecified atom stereocenters. The van der Waals surface area contributed by atoms with Crippen LogP contribution in [0.15, 0.2) is 66.7 Å². The molecule has 0 saturated heterocycles. The van der Waals surface area contributed by atoms with Crippen LogP contribution in [-0.4, -0.2) is 24.6 Å². The van der Waals surface area contributed by atoms with Crippen molar-refractivity contribution in [2.24, 2.45) is 0 Å². The molecule has 0 aliphatic heterocycles. The largest absolute Gasteiger partial charge is 0.490 e. The minimum Gasteiger partial charge on any atom is -0.490 e. The number of nitro benzene ring substituents is 1. The molecule has 7 nitrogen and oxygen atoms in total. The summed E-state index contributed by atoms with van der Waals surface area (Å²) >= 11 is 6.10. The number of benzene rings is 3. The van der Waals surface area contributed by atoms with Crippen LogP contribution in [-0.2, 0) is 13.2 Å². The van der Waals surface area contributed by atoms with Crippen LogP contribution < -0.4 is 20.1 Å². The molecule has 9 heteroatoms. The third kappa shape index (κ3) is 8.13. The number of hydrogen-bond donors (Lipinski definition) is 2. The number of halogens is 2. The molecule has 0 aromatic heterocycles. The fourth-order valence-electron chi connectivity index (χ4n) is 3.06. The van der Waals surface area contributed by atoms with Crippen molar-refractivity contribution in [3.8, 4) is 11.5 Å². The van der Waals surface area contributed by atoms with E-state index in [2.05, 4.69) is 10.6 Å². The molecule has 0 aliphatic rings. The Hall–Kier alpha value is -3.00. The Morgan fingerprint density at radius 3 is 2.42 bits per heavy atom. The van der Waals surface area contributed by atoms with Crippen molar-refractivity contribution in [2.45, 2.75) is 20.1 Å². The Balaban J connectivity index is 0.00000385. The van der Waals surface area contributed by atoms with E-state index in [9.17, 15) is 10.1 Å². The number of rotatable bonds is 12. The van der Waals surface area contributed by atoms with Crippen LogP contribution in [0.3, 0.4) is 0 Å². The molecule has 2 N–H and O–H groups in total. The summed E-state index contributed by atoms with van der Waals surface area (Å²) in [7, 11) is 0. The number of hydrogen-bond acceptors (Lipinski definition) is 6. The predicted octanol–water partition coefficient (Wildman–Crippen LogP) is 5.85. The second kappa shape index (κ2) is 13.5. The monoisotopic (exact) mass is 491 g/mol. The fraction of sp³-hybridized carbons (Fsp3) is 0.250. The van der Waals surface area contributed by atoms with Crippen LogP contribution in [0.25, 0.3) is 0 Å². The van der Waals surface area contributed by atoms with Crippen LogP contribution >= 0.6 is 24.0 Å². The Kier molecular flexibility index (Phi) is 10.8. The Bertz CT molecular complexity index is 1040. The first-order chi connectivity index (χ1) is 15.6. The van der Waals surface area contributed by atoms with Gasteiger partial charge in [0.1, 0.15) is 6.61 Å². The molecule has 176 valence electrons. The first-order valence-electron chi connectivity index (χ1n) is 10.4. The van der Waals surface area contributed by atoms with E-state index in [0.717, 1.165) is 16.9 Å². The van der Waals surface area contributed by atoms with Crippen molar-refractivity contribution in [3.63, 3.8) is 0 Å². The lowest BCUT2D eigenvalue weighted by Crippen LogP contribution is -2.22. The van der Waals surface area contributed by atoms with E-state index in [1.54, 1.807) is 6.07 Å². The molecule has 0 fully saturated rings. The average Bonchev–Trinajstić information content (AvgIpc) is 2.80. The highest BCUT2D eigenvalue weighted by Gasteiger charge is 2.09. The second-order valence-electron chi connectivity index (χ2n) is 7.01. The topological polar surface area (TPSA) is 85.7 Å². The molecular weight excluding hydrogens is 465 g/mol. The van der Waals surface area contributed by atoms with E-state index in [4.69, 9.17) is 21.1 Å². The SMILES string of the molecule is CCOc1cc(CNCCNc2ccc([N+](=O)[O-])cc2Cl)ccc1OCc1ccccc1.Cl. The van der Waals surface area contributed by atoms with Crippen LogP contribution in [0.1, 0.15) is 18.1 Å². The number of non-ortho nitro benzene ring substituents is 1. The van der Waals surface area contributed by atoms with Gasteiger partial charge < -0.3 is 20.1 Å². The molecule has 0 bridgehead atoms. The highest BCUT2D eigenvalue weighted by atomic mass is 35.5. The van der Waals surface area contributed by atoms with Crippen LogP contribution in [0.5, 0.6) is 11.5 Å². The van der Waals surface area contributed by atoms with E-state index in [-0.39, 0.29) is 18.1 Å². The Morgan fingerprint density at radius 2 is 1.73 bits per heavy atom. The Labute approximate surface area is 204 Å². The van der Waals surface area contributed by atoms with Gasteiger partial charge in [0.25, 0.3) is 5.69 Å². The maximum Gasteiger partial charge on any atom is 0.271 e. The van der Waals surface area contributed by atoms with Gasteiger partial charge in [-0.3, -0.25) is 10.1 Å². The summed E-state index contributed by atoms with van der Waals surface area (Å²) in [4.78, 5) is 10.3. The molecule has 0 radical (unpaired) electrons. The third-order valence-electron chi connectivity index (χ3n) is 4.65. The van der Waals surface area contributed by atoms with E-state index >= 15 is 0 Å². The van der Waals surface area contributed by atoms with Crippen molar-refractivity contribution < 1.29 is 14.4 Å². The minimum atomic E-state index is -0.467. The summed E-state index contributed by atoms with van der Waals surface area (Å²) in [6.07, 6.45) is 0. The molecule has 33 heavy (non-hydrogen) atoms. The molecule has 0 aliphatic carbocycles. The van der Waals surface area contributed by atoms with Crippen LogP contribution in [0.2, 0.25) is 5.02 Å². The molecule has 3 aromatic rings. The van der Waals surface area contributed by atoms with Gasteiger partial charge >= 0.3 is 0 Å². The van der Waals surface area contributed by atoms with Crippen LogP contribution in [0.4, 0.5) is 11.4 Å². The number of nitro groups is 1. The fourth-order valence-corrected chi connectivity index (χ4v) is 3.31. The highest BCUT2D eigenvalue weighted by Crippen LogP contribution is 2.29. The zero-order chi connectivity index (χ0) is 22.8. The minimum absolute atomic E-state index is 0. The van der Waals surface area contributed by atoms with E-state index < -0.39 is 4.92 Å². The molecule has 3 rings (SSSR count). The number of anilines is 1. The van der Waals surface area contributed by atoms with Crippen molar-refractivity contribution >= 4 is 35.4 Å². The van der Waals surface area contributed by atoms with Gasteiger partial charge in [-0.05, 0) is 36.2 Å². The van der Waals surface area contributed by atoms with Gasteiger partial charge in [-0.25, -0.2) is 0 Å². The normalized spacial score (nSPS) is 10.2. The highest BCUT2D eigenvalue weighted by molar-refractivity contribution is 6.33. The summed E-state index contributed by atoms with van der Waals surface area (Å²) in [6.45, 7) is 4.95. The summed E-state index contributed by atoms with van der Waals surface area (Å²) in [5.74, 6) is 1.44. The summed E-state index contributed by atoms with van der Waals surface area (Å²) < 4.78 is 11.7. The van der Waals surface area contributed by atoms with Gasteiger partial charge in [0.15, 0.2) is 11.5 Å². The number of ether oxygens (including phenoxy) is 2. The maximum atomic E-state index is 10.8. The second-order valence-corrected chi connectivity index (χ2v) is 7.42. The van der Waals surface area contributed by atoms with Gasteiger partial charge in [-0.1, -0.05) is 48.0 Å². The summed E-state index contributed by atoms with van der Waals surface area (Å²) in [5.41, 5.74) is 2.81. The third-order valence-corrected chi connectivity index (χ3v) is 4.97. The molecule has 0 saturated carbocycles. The van der Waals surface area contributed by atoms with E-state index in [0.29, 0.717) is 49.3 Å². The average molecular weight is 492 g/mol. The van der Waals surface area contributed by atoms with Gasteiger partial charge in [0.2, 0.25) is 0 Å². The lowest BCUT2D eigenvalue weighted by Gasteiger charge is -2.14. The molecule has 0 spiro atoms. The first kappa shape index (κ1) is 26.3. The quantitative estimate of drug-likeness (QED) is 0.188. The van der Waals surface area contributed by atoms with Gasteiger partial charge in [-0.2, -0.15) is 0 Å². The lowest BCUT2D eigenvalue weighted by atomic mass is 10.2. The zero-order valence-electron chi connectivity index (χ0n) is 18.3. The van der Waals surface area contributed by atoms with Crippen molar-refractivity contribution in [2.75, 3.05) is 25.0 Å². The van der Waals surface area contributed by atoms with Crippen LogP contribution in [0, 0.1) is 10.1 Å². The number of nitrogens with zero attached hydrogens (tertiary/aromatic N) is 1. The predicted molar refractivity (Wildman–Crippen MR) is 134 cm³/mol. The molecule has 0 amide bonds. The summed E-state index contributed by atoms with van der Waals surface area (Å²) in [5, 5.41) is 17.6. The molecule has 0 heterocycles. The van der Waals surface area contributed by atoms with Crippen molar-refractivity contribution in [1.29, 1.82) is 0 Å². The molecular formula is C24H27Cl2N3O4. The lowest BCUT2D eigenvalue weighted by molar-refractivity contribution is -0.384. The standard InChI is InChI=1S/C24H26ClN3O4.ClH/c1-2-31-24-14-19(8-11-23(24)32-17-18-6-4-3-5-7-18)16-26-12-13-27-22-10-9-20(28(29)30)15-21(22)25;/h3-11,14-15,26-27H,2,12-13,16-17H2,1H3;1H. The van der Waals surface area contributed by atoms with Gasteiger partial charge in [0.05, 0.1) is 22.2 Å². The van der Waals surface area contributed by atoms with Gasteiger partial charge in [0, 0.05) is 31.8 Å². The zero-order valence-corrected chi connectivity index (χ0v) is 19.8. The first-order valence-corrected chi connectivity index (χ1v) is 10.8. The maximum absolute atomic E-state index is 10.8. The number of nitrogens with one attached hydrogen (secondary N) is 2. The van der Waals surface area contributed by atoms with Crippen molar-refractivity contribution in [3.05, 3.63) is 93.0 Å². The molecule has 3 aromatic carbocycles. The molecule has 0 atom stereocenters. The van der Waals surface area contributed by atoms with E-state index in [1.807, 2.05) is 55.5 Å². The van der Waals surface area contributed by atoms with Gasteiger partial charge in [-0.15, -0.1) is 12.4 Å². The summed E-state index contributed by atoms with van der Waals surface area (Å²) in [6, 6.07) is 20.3.